The number of hydrogen-bond acceptors (Lipinski definition) is 13. The molecule has 5 amide bonds. The van der Waals surface area contributed by atoms with Crippen LogP contribution in [0.5, 0.6) is 11.6 Å². The monoisotopic (exact) mass is 827 g/mol. The lowest BCUT2D eigenvalue weighted by Crippen LogP contribution is -2.52. The summed E-state index contributed by atoms with van der Waals surface area (Å²) in [5.41, 5.74) is 0.818. The van der Waals surface area contributed by atoms with Crippen molar-refractivity contribution in [1.29, 1.82) is 0 Å². The number of aromatic nitrogens is 2. The van der Waals surface area contributed by atoms with Crippen LogP contribution in [0.25, 0.3) is 11.1 Å². The molecule has 0 saturated carbocycles. The Labute approximate surface area is 332 Å². The van der Waals surface area contributed by atoms with Gasteiger partial charge in [0.15, 0.2) is 0 Å². The Bertz CT molecular complexity index is 2210. The van der Waals surface area contributed by atoms with Gasteiger partial charge in [-0.15, -0.1) is 5.06 Å². The van der Waals surface area contributed by atoms with Crippen molar-refractivity contribution < 1.29 is 56.1 Å². The molecular formula is C38H43F2N7O10S. The number of halogens is 2. The zero-order valence-electron chi connectivity index (χ0n) is 32.2. The maximum Gasteiger partial charge on any atom is 0.333 e. The van der Waals surface area contributed by atoms with Gasteiger partial charge in [0, 0.05) is 61.6 Å². The quantitative estimate of drug-likeness (QED) is 0.221. The number of ether oxygens (including phenoxy) is 2. The standard InChI is InChI=1S/C38H43F2N7O10S/c1-21(2)36(45-31(48)7-5-8-35(51)57-47-33(49)11-12-34(47)50)38(53)42-22(3)37(52)46-58(4,54)20-23-15-30-43-29-18-26(27(40)19-41-29)25-10-9-24(39)17-28(25)55-13-6-14-56-32(16-23)44-30/h9-10,15-19,21-22,36H,5-8,11-14,20H2,1-4H3,(H,42,53)(H,45,48)(H,41,43,44)/t22-,36-,58?/m0/s1. The first kappa shape index (κ1) is 43.1. The number of rotatable bonds is 12. The van der Waals surface area contributed by atoms with Gasteiger partial charge in [-0.3, -0.25) is 24.0 Å². The van der Waals surface area contributed by atoms with E-state index in [9.17, 15) is 41.8 Å². The largest absolute Gasteiger partial charge is 0.493 e. The second-order valence-corrected chi connectivity index (χ2v) is 16.4. The summed E-state index contributed by atoms with van der Waals surface area (Å²) in [6.45, 7) is 4.94. The van der Waals surface area contributed by atoms with E-state index in [2.05, 4.69) is 30.3 Å². The van der Waals surface area contributed by atoms with Crippen LogP contribution < -0.4 is 25.4 Å². The molecule has 17 nitrogen and oxygen atoms in total. The Balaban J connectivity index is 1.22. The number of nitrogens with one attached hydrogen (secondary N) is 3. The van der Waals surface area contributed by atoms with Crippen LogP contribution in [0.1, 0.15) is 64.9 Å². The van der Waals surface area contributed by atoms with Crippen molar-refractivity contribution in [3.05, 3.63) is 59.8 Å². The summed E-state index contributed by atoms with van der Waals surface area (Å²) in [6.07, 6.45) is 2.07. The van der Waals surface area contributed by atoms with E-state index in [1.54, 1.807) is 19.9 Å². The maximum absolute atomic E-state index is 15.0. The van der Waals surface area contributed by atoms with Crippen LogP contribution in [-0.2, 0) is 49.1 Å². The van der Waals surface area contributed by atoms with Gasteiger partial charge in [-0.2, -0.15) is 9.35 Å². The molecule has 0 aliphatic carbocycles. The predicted octanol–water partition coefficient (Wildman–Crippen LogP) is 3.87. The Morgan fingerprint density at radius 2 is 1.69 bits per heavy atom. The summed E-state index contributed by atoms with van der Waals surface area (Å²) in [5, 5.41) is 8.49. The molecule has 58 heavy (non-hydrogen) atoms. The van der Waals surface area contributed by atoms with E-state index >= 15 is 0 Å². The summed E-state index contributed by atoms with van der Waals surface area (Å²) in [5.74, 6) is -5.49. The van der Waals surface area contributed by atoms with Gasteiger partial charge in [0.05, 0.1) is 34.9 Å². The number of anilines is 2. The van der Waals surface area contributed by atoms with E-state index in [4.69, 9.17) is 14.3 Å². The number of carbonyl (C=O) groups is 6. The molecule has 1 aromatic carbocycles. The van der Waals surface area contributed by atoms with Crippen molar-refractivity contribution in [2.75, 3.05) is 24.8 Å². The zero-order chi connectivity index (χ0) is 42.1. The predicted molar refractivity (Wildman–Crippen MR) is 203 cm³/mol. The van der Waals surface area contributed by atoms with Gasteiger partial charge in [-0.25, -0.2) is 22.8 Å². The van der Waals surface area contributed by atoms with Gasteiger partial charge in [0.1, 0.15) is 41.1 Å². The molecule has 4 bridgehead atoms. The summed E-state index contributed by atoms with van der Waals surface area (Å²) >= 11 is 0. The number of carbonyl (C=O) groups excluding carboxylic acids is 6. The third-order valence-corrected chi connectivity index (χ3v) is 10.1. The molecule has 1 fully saturated rings. The smallest absolute Gasteiger partial charge is 0.333 e. The van der Waals surface area contributed by atoms with Crippen LogP contribution in [0.15, 0.2) is 47.0 Å². The molecule has 20 heteroatoms. The summed E-state index contributed by atoms with van der Waals surface area (Å²) in [6, 6.07) is 5.93. The maximum atomic E-state index is 15.0. The van der Waals surface area contributed by atoms with Gasteiger partial charge in [0.25, 0.3) is 17.7 Å². The lowest BCUT2D eigenvalue weighted by molar-refractivity contribution is -0.197. The van der Waals surface area contributed by atoms with Crippen molar-refractivity contribution in [2.45, 2.75) is 77.1 Å². The third-order valence-electron chi connectivity index (χ3n) is 8.70. The normalized spacial score (nSPS) is 15.9. The topological polar surface area (TPSA) is 225 Å². The molecule has 3 aromatic rings. The number of hydrogen-bond donors (Lipinski definition) is 3. The molecule has 310 valence electrons. The highest BCUT2D eigenvalue weighted by Gasteiger charge is 2.33. The average Bonchev–Trinajstić information content (AvgIpc) is 3.45. The Hall–Kier alpha value is -6.05. The van der Waals surface area contributed by atoms with Gasteiger partial charge < -0.3 is 30.3 Å². The number of fused-ring (bicyclic) bond motifs is 6. The van der Waals surface area contributed by atoms with E-state index in [1.165, 1.54) is 43.5 Å². The molecule has 4 heterocycles. The van der Waals surface area contributed by atoms with E-state index in [0.717, 1.165) is 6.20 Å². The number of imide groups is 1. The first-order chi connectivity index (χ1) is 27.5. The minimum atomic E-state index is -3.28. The highest BCUT2D eigenvalue weighted by molar-refractivity contribution is 7.92. The van der Waals surface area contributed by atoms with Crippen LogP contribution >= 0.6 is 0 Å². The number of pyridine rings is 2. The number of hydroxylamine groups is 2. The molecule has 3 atom stereocenters. The number of amides is 5. The summed E-state index contributed by atoms with van der Waals surface area (Å²) in [7, 11) is -3.28. The molecule has 2 aliphatic rings. The third kappa shape index (κ3) is 11.7. The zero-order valence-corrected chi connectivity index (χ0v) is 33.0. The minimum Gasteiger partial charge on any atom is -0.493 e. The molecule has 3 N–H and O–H groups in total. The molecule has 0 spiro atoms. The molecule has 2 aromatic heterocycles. The van der Waals surface area contributed by atoms with Crippen molar-refractivity contribution in [2.24, 2.45) is 10.3 Å². The van der Waals surface area contributed by atoms with Crippen molar-refractivity contribution in [3.8, 4) is 22.8 Å². The van der Waals surface area contributed by atoms with E-state index < -0.39 is 74.9 Å². The molecule has 1 unspecified atom stereocenters. The van der Waals surface area contributed by atoms with Crippen LogP contribution in [0, 0.1) is 17.6 Å². The van der Waals surface area contributed by atoms with Crippen LogP contribution in [0.2, 0.25) is 0 Å². The van der Waals surface area contributed by atoms with Gasteiger partial charge >= 0.3 is 5.97 Å². The van der Waals surface area contributed by atoms with Crippen LogP contribution in [-0.4, -0.2) is 86.3 Å². The van der Waals surface area contributed by atoms with Crippen molar-refractivity contribution in [3.63, 3.8) is 0 Å². The van der Waals surface area contributed by atoms with Crippen LogP contribution in [0.3, 0.4) is 0 Å². The molecule has 0 radical (unpaired) electrons. The second-order valence-electron chi connectivity index (χ2n) is 14.0. The van der Waals surface area contributed by atoms with Crippen molar-refractivity contribution in [1.82, 2.24) is 25.7 Å². The fourth-order valence-corrected chi connectivity index (χ4v) is 7.22. The SMILES string of the molecule is CC(C)[C@H](NC(=O)CCCC(=O)ON1C(=O)CCC1=O)C(=O)N[C@@H](C)C(=O)N=S(C)(=O)Cc1cc2nc(c1)OCCCOc1cc(F)ccc1-c1cc(ncc1F)N2. The lowest BCUT2D eigenvalue weighted by atomic mass is 10.0. The fourth-order valence-electron chi connectivity index (χ4n) is 5.84. The van der Waals surface area contributed by atoms with Crippen molar-refractivity contribution >= 4 is 56.9 Å². The molecule has 1 saturated heterocycles. The van der Waals surface area contributed by atoms with E-state index in [-0.39, 0.29) is 79.9 Å². The molecular weight excluding hydrogens is 785 g/mol. The Morgan fingerprint density at radius 3 is 2.41 bits per heavy atom. The van der Waals surface area contributed by atoms with E-state index in [1.807, 2.05) is 0 Å². The number of nitrogens with zero attached hydrogens (tertiary/aromatic N) is 4. The van der Waals surface area contributed by atoms with Crippen LogP contribution in [0.4, 0.5) is 20.4 Å². The minimum absolute atomic E-state index is 0.00585. The molecule has 5 rings (SSSR count). The van der Waals surface area contributed by atoms with E-state index in [0.29, 0.717) is 22.6 Å². The number of benzene rings is 1. The summed E-state index contributed by atoms with van der Waals surface area (Å²) in [4.78, 5) is 87.6. The average molecular weight is 828 g/mol. The van der Waals surface area contributed by atoms with Gasteiger partial charge in [-0.1, -0.05) is 13.8 Å². The first-order valence-electron chi connectivity index (χ1n) is 18.4. The highest BCUT2D eigenvalue weighted by atomic mass is 32.2. The Kier molecular flexibility index (Phi) is 14.1. The lowest BCUT2D eigenvalue weighted by Gasteiger charge is -2.23. The van der Waals surface area contributed by atoms with Gasteiger partial charge in [0.2, 0.25) is 17.7 Å². The second kappa shape index (κ2) is 18.9. The Morgan fingerprint density at radius 1 is 0.966 bits per heavy atom. The summed E-state index contributed by atoms with van der Waals surface area (Å²) < 4.78 is 58.3. The van der Waals surface area contributed by atoms with Gasteiger partial charge in [-0.05, 0) is 49.1 Å². The molecule has 2 aliphatic heterocycles. The fraction of sp³-hybridized carbons (Fsp3) is 0.421. The highest BCUT2D eigenvalue weighted by Crippen LogP contribution is 2.34. The first-order valence-corrected chi connectivity index (χ1v) is 20.5.